The first-order valence-corrected chi connectivity index (χ1v) is 8.48. The van der Waals surface area contributed by atoms with Gasteiger partial charge in [0, 0.05) is 17.5 Å². The summed E-state index contributed by atoms with van der Waals surface area (Å²) in [6, 6.07) is 14.2. The molecule has 142 valence electrons. The van der Waals surface area contributed by atoms with E-state index in [1.165, 1.54) is 6.08 Å². The normalized spacial score (nSPS) is 11.1. The van der Waals surface area contributed by atoms with Crippen LogP contribution in [0.2, 0.25) is 0 Å². The Hall–Kier alpha value is -3.28. The molecule has 6 nitrogen and oxygen atoms in total. The van der Waals surface area contributed by atoms with Gasteiger partial charge < -0.3 is 14.8 Å². The van der Waals surface area contributed by atoms with Crippen molar-refractivity contribution in [2.24, 2.45) is 0 Å². The number of carbonyl (C=O) groups is 2. The second-order valence-electron chi connectivity index (χ2n) is 6.81. The molecule has 27 heavy (non-hydrogen) atoms. The Morgan fingerprint density at radius 2 is 1.63 bits per heavy atom. The quantitative estimate of drug-likeness (QED) is 0.751. The van der Waals surface area contributed by atoms with Crippen molar-refractivity contribution in [2.45, 2.75) is 26.4 Å². The minimum absolute atomic E-state index is 0.285. The Morgan fingerprint density at radius 1 is 0.963 bits per heavy atom. The summed E-state index contributed by atoms with van der Waals surface area (Å²) in [4.78, 5) is 24.0. The van der Waals surface area contributed by atoms with Gasteiger partial charge in [0.15, 0.2) is 0 Å². The van der Waals surface area contributed by atoms with Crippen LogP contribution in [0.15, 0.2) is 54.6 Å². The number of nitrogens with one attached hydrogen (secondary N) is 2. The molecule has 2 aromatic rings. The van der Waals surface area contributed by atoms with Crippen LogP contribution in [-0.4, -0.2) is 24.7 Å². The molecule has 2 amide bonds. The maximum atomic E-state index is 12.1. The molecule has 0 unspecified atom stereocenters. The van der Waals surface area contributed by atoms with E-state index in [-0.39, 0.29) is 5.91 Å². The Kier molecular flexibility index (Phi) is 6.60. The molecular weight excluding hydrogens is 344 g/mol. The molecule has 0 aliphatic heterocycles. The van der Waals surface area contributed by atoms with Crippen LogP contribution in [0.1, 0.15) is 26.3 Å². The van der Waals surface area contributed by atoms with Gasteiger partial charge in [-0.25, -0.2) is 4.79 Å². The van der Waals surface area contributed by atoms with E-state index < -0.39 is 11.7 Å². The average Bonchev–Trinajstić information content (AvgIpc) is 2.59. The molecule has 0 heterocycles. The van der Waals surface area contributed by atoms with Gasteiger partial charge in [-0.15, -0.1) is 0 Å². The van der Waals surface area contributed by atoms with Crippen molar-refractivity contribution >= 4 is 29.5 Å². The third-order valence-corrected chi connectivity index (χ3v) is 3.30. The zero-order valence-electron chi connectivity index (χ0n) is 15.9. The van der Waals surface area contributed by atoms with Gasteiger partial charge in [-0.2, -0.15) is 0 Å². The average molecular weight is 368 g/mol. The second-order valence-corrected chi connectivity index (χ2v) is 6.81. The van der Waals surface area contributed by atoms with E-state index in [0.29, 0.717) is 11.4 Å². The van der Waals surface area contributed by atoms with Crippen molar-refractivity contribution in [1.82, 2.24) is 0 Å². The summed E-state index contributed by atoms with van der Waals surface area (Å²) >= 11 is 0. The first-order chi connectivity index (χ1) is 12.7. The fourth-order valence-electron chi connectivity index (χ4n) is 2.20. The number of rotatable bonds is 5. The van der Waals surface area contributed by atoms with Crippen molar-refractivity contribution in [3.05, 3.63) is 60.2 Å². The van der Waals surface area contributed by atoms with Crippen molar-refractivity contribution in [1.29, 1.82) is 0 Å². The number of carbonyl (C=O) groups excluding carboxylic acids is 2. The number of anilines is 2. The molecule has 0 aromatic heterocycles. The Morgan fingerprint density at radius 3 is 2.30 bits per heavy atom. The lowest BCUT2D eigenvalue weighted by Crippen LogP contribution is -2.27. The molecule has 2 N–H and O–H groups in total. The van der Waals surface area contributed by atoms with Gasteiger partial charge in [0.1, 0.15) is 11.4 Å². The standard InChI is InChI=1S/C21H24N2O4/c1-21(2,3)27-20(25)23-17-9-6-8-16(14-17)22-19(24)12-11-15-7-5-10-18(13-15)26-4/h5-14H,1-4H3,(H,22,24)(H,23,25). The molecule has 0 spiro atoms. The lowest BCUT2D eigenvalue weighted by Gasteiger charge is -2.19. The Bertz CT molecular complexity index is 838. The van der Waals surface area contributed by atoms with Gasteiger partial charge >= 0.3 is 6.09 Å². The first-order valence-electron chi connectivity index (χ1n) is 8.48. The first kappa shape index (κ1) is 20.0. The molecule has 0 aliphatic carbocycles. The molecule has 0 saturated carbocycles. The highest BCUT2D eigenvalue weighted by Gasteiger charge is 2.16. The predicted octanol–water partition coefficient (Wildman–Crippen LogP) is 4.69. The summed E-state index contributed by atoms with van der Waals surface area (Å²) in [5.74, 6) is 0.436. The zero-order valence-corrected chi connectivity index (χ0v) is 15.9. The Labute approximate surface area is 159 Å². The molecule has 0 fully saturated rings. The second kappa shape index (κ2) is 8.89. The van der Waals surface area contributed by atoms with Crippen LogP contribution in [0.5, 0.6) is 5.75 Å². The van der Waals surface area contributed by atoms with E-state index in [1.807, 2.05) is 24.3 Å². The zero-order chi connectivity index (χ0) is 19.9. The van der Waals surface area contributed by atoms with Gasteiger partial charge in [0.25, 0.3) is 0 Å². The molecule has 0 saturated heterocycles. The van der Waals surface area contributed by atoms with Crippen LogP contribution in [0, 0.1) is 0 Å². The molecule has 2 rings (SSSR count). The summed E-state index contributed by atoms with van der Waals surface area (Å²) in [7, 11) is 1.59. The summed E-state index contributed by atoms with van der Waals surface area (Å²) in [6.07, 6.45) is 2.58. The monoisotopic (exact) mass is 368 g/mol. The third kappa shape index (κ3) is 7.23. The van der Waals surface area contributed by atoms with E-state index in [2.05, 4.69) is 10.6 Å². The summed E-state index contributed by atoms with van der Waals surface area (Å²) in [5, 5.41) is 5.39. The number of amides is 2. The van der Waals surface area contributed by atoms with Crippen LogP contribution in [0.25, 0.3) is 6.08 Å². The number of hydrogen-bond acceptors (Lipinski definition) is 4. The number of benzene rings is 2. The van der Waals surface area contributed by atoms with Crippen molar-refractivity contribution in [3.63, 3.8) is 0 Å². The van der Waals surface area contributed by atoms with E-state index in [9.17, 15) is 9.59 Å². The highest BCUT2D eigenvalue weighted by Crippen LogP contribution is 2.17. The van der Waals surface area contributed by atoms with Crippen LogP contribution >= 0.6 is 0 Å². The van der Waals surface area contributed by atoms with Gasteiger partial charge in [-0.3, -0.25) is 10.1 Å². The maximum Gasteiger partial charge on any atom is 0.412 e. The predicted molar refractivity (Wildman–Crippen MR) is 107 cm³/mol. The van der Waals surface area contributed by atoms with Crippen molar-refractivity contribution in [3.8, 4) is 5.75 Å². The highest BCUT2D eigenvalue weighted by molar-refractivity contribution is 6.02. The van der Waals surface area contributed by atoms with Crippen LogP contribution in [-0.2, 0) is 9.53 Å². The molecule has 6 heteroatoms. The fraction of sp³-hybridized carbons (Fsp3) is 0.238. The largest absolute Gasteiger partial charge is 0.497 e. The Balaban J connectivity index is 1.97. The van der Waals surface area contributed by atoms with Gasteiger partial charge in [0.05, 0.1) is 7.11 Å². The SMILES string of the molecule is COc1cccc(C=CC(=O)Nc2cccc(NC(=O)OC(C)(C)C)c2)c1. The third-order valence-electron chi connectivity index (χ3n) is 3.30. The van der Waals surface area contributed by atoms with Crippen LogP contribution in [0.4, 0.5) is 16.2 Å². The molecule has 0 atom stereocenters. The van der Waals surface area contributed by atoms with Gasteiger partial charge in [0.2, 0.25) is 5.91 Å². The lowest BCUT2D eigenvalue weighted by molar-refractivity contribution is -0.111. The van der Waals surface area contributed by atoms with Gasteiger partial charge in [-0.1, -0.05) is 18.2 Å². The number of ether oxygens (including phenoxy) is 2. The van der Waals surface area contributed by atoms with E-state index in [4.69, 9.17) is 9.47 Å². The smallest absolute Gasteiger partial charge is 0.412 e. The molecule has 0 aliphatic rings. The van der Waals surface area contributed by atoms with E-state index in [0.717, 1.165) is 11.3 Å². The maximum absolute atomic E-state index is 12.1. The summed E-state index contributed by atoms with van der Waals surface area (Å²) in [6.45, 7) is 5.37. The van der Waals surface area contributed by atoms with E-state index >= 15 is 0 Å². The minimum Gasteiger partial charge on any atom is -0.497 e. The minimum atomic E-state index is -0.583. The molecule has 2 aromatic carbocycles. The van der Waals surface area contributed by atoms with Crippen LogP contribution in [0.3, 0.4) is 0 Å². The number of methoxy groups -OCH3 is 1. The molecule has 0 bridgehead atoms. The van der Waals surface area contributed by atoms with Gasteiger partial charge in [-0.05, 0) is 62.7 Å². The topological polar surface area (TPSA) is 76.7 Å². The highest BCUT2D eigenvalue weighted by atomic mass is 16.6. The molecular formula is C21H24N2O4. The lowest BCUT2D eigenvalue weighted by atomic mass is 10.2. The van der Waals surface area contributed by atoms with Crippen molar-refractivity contribution in [2.75, 3.05) is 17.7 Å². The summed E-state index contributed by atoms with van der Waals surface area (Å²) < 4.78 is 10.4. The van der Waals surface area contributed by atoms with Crippen LogP contribution < -0.4 is 15.4 Å². The molecule has 0 radical (unpaired) electrons. The summed E-state index contributed by atoms with van der Waals surface area (Å²) in [5.41, 5.74) is 1.36. The fourth-order valence-corrected chi connectivity index (χ4v) is 2.20. The number of hydrogen-bond donors (Lipinski definition) is 2. The van der Waals surface area contributed by atoms with Crippen molar-refractivity contribution < 1.29 is 19.1 Å². The van der Waals surface area contributed by atoms with E-state index in [1.54, 1.807) is 58.2 Å².